The van der Waals surface area contributed by atoms with Crippen LogP contribution in [0.3, 0.4) is 0 Å². The number of rotatable bonds is 3. The summed E-state index contributed by atoms with van der Waals surface area (Å²) in [7, 11) is 0. The second kappa shape index (κ2) is 6.53. The minimum absolute atomic E-state index is 0. The lowest BCUT2D eigenvalue weighted by molar-refractivity contribution is 0.266. The van der Waals surface area contributed by atoms with E-state index in [1.165, 1.54) is 5.57 Å². The minimum Gasteiger partial charge on any atom is -0.395 e. The fourth-order valence-corrected chi connectivity index (χ4v) is 2.38. The Kier molecular flexibility index (Phi) is 5.60. The predicted octanol–water partition coefficient (Wildman–Crippen LogP) is 2.20. The Balaban J connectivity index is 0.00000162. The molecule has 100 valence electrons. The van der Waals surface area contributed by atoms with E-state index in [-0.39, 0.29) is 37.0 Å². The van der Waals surface area contributed by atoms with E-state index in [0.29, 0.717) is 11.6 Å². The Morgan fingerprint density at radius 3 is 2.89 bits per heavy atom. The number of allylic oxidation sites excluding steroid dienone is 2. The van der Waals surface area contributed by atoms with Crippen LogP contribution >= 0.6 is 24.0 Å². The molecule has 1 aliphatic heterocycles. The van der Waals surface area contributed by atoms with Gasteiger partial charge in [-0.1, -0.05) is 41.5 Å². The molecule has 0 saturated heterocycles. The van der Waals surface area contributed by atoms with Crippen molar-refractivity contribution in [2.75, 3.05) is 6.61 Å². The molecule has 2 aliphatic rings. The van der Waals surface area contributed by atoms with Gasteiger partial charge in [-0.25, -0.2) is 0 Å². The monoisotopic (exact) mass is 288 g/mol. The Morgan fingerprint density at radius 1 is 1.50 bits per heavy atom. The van der Waals surface area contributed by atoms with E-state index < -0.39 is 0 Å². The number of aliphatic hydroxyl groups is 1. The van der Waals surface area contributed by atoms with Crippen molar-refractivity contribution >= 4 is 29.2 Å². The van der Waals surface area contributed by atoms with E-state index >= 15 is 0 Å². The van der Waals surface area contributed by atoms with Crippen LogP contribution < -0.4 is 5.73 Å². The van der Waals surface area contributed by atoms with Crippen LogP contribution in [0.1, 0.15) is 13.3 Å². The maximum absolute atomic E-state index is 8.97. The molecule has 18 heavy (non-hydrogen) atoms. The Hall–Kier alpha value is -0.610. The summed E-state index contributed by atoms with van der Waals surface area (Å²) in [5, 5.41) is 9.49. The summed E-state index contributed by atoms with van der Waals surface area (Å²) < 4.78 is 0. The molecule has 5 heteroatoms. The van der Waals surface area contributed by atoms with Crippen LogP contribution in [0, 0.1) is 5.92 Å². The molecule has 0 aromatic heterocycles. The fourth-order valence-electron chi connectivity index (χ4n) is 2.13. The van der Waals surface area contributed by atoms with Crippen molar-refractivity contribution in [3.63, 3.8) is 0 Å². The highest BCUT2D eigenvalue weighted by atomic mass is 35.5. The lowest BCUT2D eigenvalue weighted by Crippen LogP contribution is -2.28. The van der Waals surface area contributed by atoms with Crippen molar-refractivity contribution in [2.45, 2.75) is 25.4 Å². The van der Waals surface area contributed by atoms with Crippen LogP contribution in [0.4, 0.5) is 0 Å². The van der Waals surface area contributed by atoms with E-state index in [2.05, 4.69) is 36.2 Å². The van der Waals surface area contributed by atoms with Gasteiger partial charge in [-0.3, -0.25) is 4.99 Å². The van der Waals surface area contributed by atoms with Gasteiger partial charge in [-0.15, -0.1) is 12.4 Å². The maximum atomic E-state index is 8.97. The van der Waals surface area contributed by atoms with E-state index in [4.69, 9.17) is 22.4 Å². The Morgan fingerprint density at radius 2 is 2.22 bits per heavy atom. The Bertz CT molecular complexity index is 427. The summed E-state index contributed by atoms with van der Waals surface area (Å²) in [4.78, 5) is 4.45. The molecule has 0 aromatic carbocycles. The highest BCUT2D eigenvalue weighted by Gasteiger charge is 2.24. The lowest BCUT2D eigenvalue weighted by Gasteiger charge is -2.26. The molecule has 0 saturated carbocycles. The summed E-state index contributed by atoms with van der Waals surface area (Å²) in [6, 6.07) is -0.161. The number of hydrogen-bond donors (Lipinski definition) is 2. The van der Waals surface area contributed by atoms with Gasteiger partial charge in [0, 0.05) is 12.0 Å². The first-order valence-corrected chi connectivity index (χ1v) is 6.15. The fraction of sp³-hybridized carbons (Fsp3) is 0.462. The third-order valence-electron chi connectivity index (χ3n) is 3.04. The molecule has 0 radical (unpaired) electrons. The van der Waals surface area contributed by atoms with Gasteiger partial charge in [0.1, 0.15) is 5.17 Å². The van der Waals surface area contributed by atoms with Crippen LogP contribution in [0.25, 0.3) is 0 Å². The van der Waals surface area contributed by atoms with Crippen molar-refractivity contribution in [1.82, 2.24) is 0 Å². The number of aliphatic imine (C=N–C) groups is 1. The third-order valence-corrected chi connectivity index (χ3v) is 3.38. The molecular formula is C13H18Cl2N2O. The van der Waals surface area contributed by atoms with E-state index in [0.717, 1.165) is 5.57 Å². The van der Waals surface area contributed by atoms with Gasteiger partial charge >= 0.3 is 0 Å². The number of dihydropyridines is 1. The summed E-state index contributed by atoms with van der Waals surface area (Å²) >= 11 is 6.13. The zero-order chi connectivity index (χ0) is 12.4. The number of fused-ring (bicyclic) bond motifs is 1. The Labute approximate surface area is 119 Å². The van der Waals surface area contributed by atoms with Crippen molar-refractivity contribution in [2.24, 2.45) is 16.6 Å². The van der Waals surface area contributed by atoms with Crippen LogP contribution in [-0.2, 0) is 0 Å². The SMILES string of the molecule is CC1=CC2C=C(CC(N)CO)C(Cl)=NC2C=C1.Cl. The van der Waals surface area contributed by atoms with Crippen molar-refractivity contribution in [3.05, 3.63) is 35.5 Å². The first kappa shape index (κ1) is 15.4. The molecule has 3 atom stereocenters. The van der Waals surface area contributed by atoms with Crippen molar-refractivity contribution < 1.29 is 5.11 Å². The number of aliphatic hydroxyl groups excluding tert-OH is 1. The van der Waals surface area contributed by atoms with Crippen molar-refractivity contribution in [1.29, 1.82) is 0 Å². The van der Waals surface area contributed by atoms with Gasteiger partial charge in [-0.05, 0) is 18.9 Å². The molecule has 0 bridgehead atoms. The largest absolute Gasteiger partial charge is 0.395 e. The first-order valence-electron chi connectivity index (χ1n) is 5.77. The van der Waals surface area contributed by atoms with Crippen LogP contribution in [-0.4, -0.2) is 29.0 Å². The number of hydrogen-bond acceptors (Lipinski definition) is 3. The molecular weight excluding hydrogens is 271 g/mol. The normalized spacial score (nSPS) is 27.4. The standard InChI is InChI=1S/C13H17ClN2O.ClH/c1-8-2-3-12-9(4-8)5-10(13(14)16-12)6-11(15)7-17;/h2-5,9,11-12,17H,6-7,15H2,1H3;1H. The molecule has 0 amide bonds. The zero-order valence-corrected chi connectivity index (χ0v) is 11.8. The topological polar surface area (TPSA) is 58.6 Å². The average molecular weight is 289 g/mol. The smallest absolute Gasteiger partial charge is 0.127 e. The van der Waals surface area contributed by atoms with Crippen LogP contribution in [0.5, 0.6) is 0 Å². The van der Waals surface area contributed by atoms with Gasteiger partial charge in [0.05, 0.1) is 12.6 Å². The second-order valence-corrected chi connectivity index (χ2v) is 4.95. The quantitative estimate of drug-likeness (QED) is 0.836. The summed E-state index contributed by atoms with van der Waals surface area (Å²) in [5.41, 5.74) is 7.90. The van der Waals surface area contributed by atoms with Gasteiger partial charge in [0.25, 0.3) is 0 Å². The summed E-state index contributed by atoms with van der Waals surface area (Å²) in [6.07, 6.45) is 9.00. The molecule has 0 fully saturated rings. The molecule has 3 nitrogen and oxygen atoms in total. The molecule has 2 rings (SSSR count). The zero-order valence-electron chi connectivity index (χ0n) is 10.2. The van der Waals surface area contributed by atoms with Crippen molar-refractivity contribution in [3.8, 4) is 0 Å². The van der Waals surface area contributed by atoms with E-state index in [9.17, 15) is 0 Å². The second-order valence-electron chi connectivity index (χ2n) is 4.60. The molecule has 1 heterocycles. The molecule has 3 N–H and O–H groups in total. The minimum atomic E-state index is -0.272. The maximum Gasteiger partial charge on any atom is 0.127 e. The highest BCUT2D eigenvalue weighted by Crippen LogP contribution is 2.29. The van der Waals surface area contributed by atoms with E-state index in [1.807, 2.05) is 0 Å². The number of nitrogens with zero attached hydrogens (tertiary/aromatic N) is 1. The number of halogens is 2. The lowest BCUT2D eigenvalue weighted by atomic mass is 9.87. The third kappa shape index (κ3) is 3.45. The summed E-state index contributed by atoms with van der Waals surface area (Å²) in [5.74, 6) is 0.267. The first-order chi connectivity index (χ1) is 8.10. The predicted molar refractivity (Wildman–Crippen MR) is 78.5 cm³/mol. The summed E-state index contributed by atoms with van der Waals surface area (Å²) in [6.45, 7) is 2.03. The molecule has 3 unspecified atom stereocenters. The van der Waals surface area contributed by atoms with Crippen LogP contribution in [0.15, 0.2) is 40.4 Å². The molecule has 1 aliphatic carbocycles. The van der Waals surface area contributed by atoms with Gasteiger partial charge in [0.2, 0.25) is 0 Å². The molecule has 0 spiro atoms. The average Bonchev–Trinajstić information content (AvgIpc) is 2.30. The highest BCUT2D eigenvalue weighted by molar-refractivity contribution is 6.69. The van der Waals surface area contributed by atoms with Gasteiger partial charge in [-0.2, -0.15) is 0 Å². The van der Waals surface area contributed by atoms with E-state index in [1.54, 1.807) is 0 Å². The van der Waals surface area contributed by atoms with Gasteiger partial charge < -0.3 is 10.8 Å². The van der Waals surface area contributed by atoms with Gasteiger partial charge in [0.15, 0.2) is 0 Å². The molecule has 0 aromatic rings. The number of nitrogens with two attached hydrogens (primary N) is 1. The van der Waals surface area contributed by atoms with Crippen LogP contribution in [0.2, 0.25) is 0 Å².